The molecule has 0 bridgehead atoms. The van der Waals surface area contributed by atoms with Crippen LogP contribution in [0.5, 0.6) is 0 Å². The first-order chi connectivity index (χ1) is 8.29. The van der Waals surface area contributed by atoms with Crippen molar-refractivity contribution in [1.82, 2.24) is 9.69 Å². The zero-order valence-corrected chi connectivity index (χ0v) is 12.1. The van der Waals surface area contributed by atoms with Crippen molar-refractivity contribution in [2.45, 2.75) is 26.4 Å². The van der Waals surface area contributed by atoms with Crippen molar-refractivity contribution >= 4 is 27.5 Å². The molecule has 2 rings (SSSR count). The fourth-order valence-corrected chi connectivity index (χ4v) is 2.82. The summed E-state index contributed by atoms with van der Waals surface area (Å²) in [6.45, 7) is 3.87. The fourth-order valence-electron chi connectivity index (χ4n) is 1.65. The van der Waals surface area contributed by atoms with Gasteiger partial charge in [-0.05, 0) is 45.0 Å². The summed E-state index contributed by atoms with van der Waals surface area (Å²) in [4.78, 5) is 0. The van der Waals surface area contributed by atoms with E-state index in [-0.39, 0.29) is 0 Å². The van der Waals surface area contributed by atoms with Crippen LogP contribution in [0.15, 0.2) is 34.1 Å². The minimum atomic E-state index is 0.806. The Balaban J connectivity index is 1.87. The van der Waals surface area contributed by atoms with Crippen LogP contribution >= 0.6 is 27.5 Å². The Kier molecular flexibility index (Phi) is 4.71. The van der Waals surface area contributed by atoms with Crippen LogP contribution in [0.25, 0.3) is 0 Å². The number of hydrogen-bond acceptors (Lipinski definition) is 3. The van der Waals surface area contributed by atoms with Crippen molar-refractivity contribution in [3.8, 4) is 0 Å². The van der Waals surface area contributed by atoms with E-state index < -0.39 is 0 Å². The lowest BCUT2D eigenvalue weighted by atomic mass is 10.1. The molecule has 1 aromatic heterocycles. The number of benzene rings is 1. The van der Waals surface area contributed by atoms with Gasteiger partial charge < -0.3 is 5.32 Å². The van der Waals surface area contributed by atoms with E-state index in [9.17, 15) is 0 Å². The maximum absolute atomic E-state index is 4.31. The monoisotopic (exact) mass is 310 g/mol. The molecule has 0 atom stereocenters. The fraction of sp³-hybridized carbons (Fsp3) is 0.308. The molecule has 0 spiro atoms. The number of aryl methyl sites for hydroxylation is 1. The van der Waals surface area contributed by atoms with Crippen LogP contribution in [0, 0.1) is 0 Å². The van der Waals surface area contributed by atoms with Crippen LogP contribution < -0.4 is 5.32 Å². The van der Waals surface area contributed by atoms with E-state index in [0.29, 0.717) is 0 Å². The number of nitrogens with zero attached hydrogens (tertiary/aromatic N) is 1. The summed E-state index contributed by atoms with van der Waals surface area (Å²) in [6, 6.07) is 8.69. The third kappa shape index (κ3) is 3.63. The van der Waals surface area contributed by atoms with Gasteiger partial charge in [0.2, 0.25) is 0 Å². The predicted octanol–water partition coefficient (Wildman–Crippen LogP) is 3.76. The summed E-state index contributed by atoms with van der Waals surface area (Å²) in [5, 5.41) is 5.42. The third-order valence-corrected chi connectivity index (χ3v) is 4.27. The molecule has 0 amide bonds. The van der Waals surface area contributed by atoms with Gasteiger partial charge in [0, 0.05) is 18.5 Å². The van der Waals surface area contributed by atoms with Crippen LogP contribution in [-0.4, -0.2) is 4.37 Å². The second-order valence-corrected chi connectivity index (χ2v) is 5.37. The molecule has 2 aromatic rings. The average molecular weight is 311 g/mol. The molecule has 0 unspecified atom stereocenters. The minimum absolute atomic E-state index is 0.806. The largest absolute Gasteiger partial charge is 0.307 e. The van der Waals surface area contributed by atoms with Gasteiger partial charge in [0.15, 0.2) is 0 Å². The molecule has 17 heavy (non-hydrogen) atoms. The molecule has 2 nitrogen and oxygen atoms in total. The van der Waals surface area contributed by atoms with Gasteiger partial charge in [-0.15, -0.1) is 0 Å². The van der Waals surface area contributed by atoms with Crippen molar-refractivity contribution in [3.63, 3.8) is 0 Å². The highest BCUT2D eigenvalue weighted by atomic mass is 79.9. The molecule has 4 heteroatoms. The zero-order valence-electron chi connectivity index (χ0n) is 9.74. The Morgan fingerprint density at radius 1 is 1.29 bits per heavy atom. The minimum Gasteiger partial charge on any atom is -0.307 e. The molecule has 0 radical (unpaired) electrons. The maximum atomic E-state index is 4.31. The van der Waals surface area contributed by atoms with E-state index in [1.807, 2.05) is 5.38 Å². The first-order valence-corrected chi connectivity index (χ1v) is 7.30. The average Bonchev–Trinajstić information content (AvgIpc) is 2.76. The van der Waals surface area contributed by atoms with Crippen LogP contribution in [0.2, 0.25) is 0 Å². The second-order valence-electron chi connectivity index (χ2n) is 3.89. The topological polar surface area (TPSA) is 24.9 Å². The Labute approximate surface area is 114 Å². The SMILES string of the molecule is CCc1cccc(CNCc2nscc2Br)c1. The van der Waals surface area contributed by atoms with Crippen molar-refractivity contribution < 1.29 is 0 Å². The Bertz CT molecular complexity index is 482. The van der Waals surface area contributed by atoms with Crippen molar-refractivity contribution in [3.05, 3.63) is 50.9 Å². The number of aromatic nitrogens is 1. The highest BCUT2D eigenvalue weighted by Gasteiger charge is 2.02. The molecule has 0 fully saturated rings. The lowest BCUT2D eigenvalue weighted by Gasteiger charge is -2.05. The molecule has 1 heterocycles. The van der Waals surface area contributed by atoms with Gasteiger partial charge in [0.1, 0.15) is 0 Å². The first-order valence-electron chi connectivity index (χ1n) is 5.67. The molecule has 90 valence electrons. The van der Waals surface area contributed by atoms with Gasteiger partial charge in [-0.25, -0.2) is 0 Å². The standard InChI is InChI=1S/C13H15BrN2S/c1-2-10-4-3-5-11(6-10)7-15-8-13-12(14)9-17-16-13/h3-6,9,15H,2,7-8H2,1H3. The van der Waals surface area contributed by atoms with E-state index in [4.69, 9.17) is 0 Å². The van der Waals surface area contributed by atoms with E-state index >= 15 is 0 Å². The molecule has 0 saturated carbocycles. The summed E-state index contributed by atoms with van der Waals surface area (Å²) < 4.78 is 5.41. The molecular formula is C13H15BrN2S. The highest BCUT2D eigenvalue weighted by molar-refractivity contribution is 9.10. The summed E-state index contributed by atoms with van der Waals surface area (Å²) >= 11 is 4.97. The van der Waals surface area contributed by atoms with Crippen LogP contribution in [0.1, 0.15) is 23.7 Å². The lowest BCUT2D eigenvalue weighted by Crippen LogP contribution is -2.13. The van der Waals surface area contributed by atoms with Gasteiger partial charge in [0.25, 0.3) is 0 Å². The number of rotatable bonds is 5. The number of halogens is 1. The summed E-state index contributed by atoms with van der Waals surface area (Å²) in [5.74, 6) is 0. The van der Waals surface area contributed by atoms with Gasteiger partial charge >= 0.3 is 0 Å². The van der Waals surface area contributed by atoms with E-state index in [2.05, 4.69) is 56.8 Å². The van der Waals surface area contributed by atoms with Gasteiger partial charge in [-0.2, -0.15) is 4.37 Å². The first kappa shape index (κ1) is 12.7. The smallest absolute Gasteiger partial charge is 0.0821 e. The number of nitrogens with one attached hydrogen (secondary N) is 1. The van der Waals surface area contributed by atoms with E-state index in [1.165, 1.54) is 22.7 Å². The highest BCUT2D eigenvalue weighted by Crippen LogP contribution is 2.17. The molecule has 0 aliphatic rings. The molecular weight excluding hydrogens is 296 g/mol. The van der Waals surface area contributed by atoms with E-state index in [0.717, 1.165) is 29.7 Å². The molecule has 0 aliphatic carbocycles. The summed E-state index contributed by atoms with van der Waals surface area (Å²) in [7, 11) is 0. The maximum Gasteiger partial charge on any atom is 0.0821 e. The predicted molar refractivity (Wildman–Crippen MR) is 76.2 cm³/mol. The normalized spacial score (nSPS) is 10.7. The lowest BCUT2D eigenvalue weighted by molar-refractivity contribution is 0.682. The Hall–Kier alpha value is -0.710. The van der Waals surface area contributed by atoms with Crippen LogP contribution in [0.4, 0.5) is 0 Å². The van der Waals surface area contributed by atoms with E-state index in [1.54, 1.807) is 0 Å². The van der Waals surface area contributed by atoms with Crippen molar-refractivity contribution in [2.75, 3.05) is 0 Å². The van der Waals surface area contributed by atoms with Crippen LogP contribution in [-0.2, 0) is 19.5 Å². The summed E-state index contributed by atoms with van der Waals surface area (Å²) in [6.07, 6.45) is 1.09. The molecule has 0 saturated heterocycles. The van der Waals surface area contributed by atoms with Crippen molar-refractivity contribution in [2.24, 2.45) is 0 Å². The molecule has 0 aliphatic heterocycles. The van der Waals surface area contributed by atoms with Crippen LogP contribution in [0.3, 0.4) is 0 Å². The quantitative estimate of drug-likeness (QED) is 0.909. The number of hydrogen-bond donors (Lipinski definition) is 1. The molecule has 1 N–H and O–H groups in total. The van der Waals surface area contributed by atoms with Crippen molar-refractivity contribution in [1.29, 1.82) is 0 Å². The zero-order chi connectivity index (χ0) is 12.1. The summed E-state index contributed by atoms with van der Waals surface area (Å²) in [5.41, 5.74) is 3.80. The van der Waals surface area contributed by atoms with Gasteiger partial charge in [-0.3, -0.25) is 0 Å². The third-order valence-electron chi connectivity index (χ3n) is 2.62. The second kappa shape index (κ2) is 6.28. The Morgan fingerprint density at radius 2 is 2.12 bits per heavy atom. The Morgan fingerprint density at radius 3 is 2.82 bits per heavy atom. The van der Waals surface area contributed by atoms with Gasteiger partial charge in [-0.1, -0.05) is 31.2 Å². The molecule has 1 aromatic carbocycles. The van der Waals surface area contributed by atoms with Gasteiger partial charge in [0.05, 0.1) is 10.2 Å².